The maximum absolute atomic E-state index is 5.95. The number of pyridine rings is 1. The van der Waals surface area contributed by atoms with Gasteiger partial charge >= 0.3 is 0 Å². The number of ether oxygens (including phenoxy) is 2. The van der Waals surface area contributed by atoms with E-state index in [0.717, 1.165) is 39.2 Å². The molecular weight excluding hydrogens is 390 g/mol. The molecule has 0 atom stereocenters. The van der Waals surface area contributed by atoms with Gasteiger partial charge in [-0.1, -0.05) is 48.5 Å². The van der Waals surface area contributed by atoms with Crippen molar-refractivity contribution in [2.75, 3.05) is 0 Å². The number of nitrogens with one attached hydrogen (secondary N) is 1. The molecule has 1 N–H and O–H groups in total. The first-order valence-corrected chi connectivity index (χ1v) is 9.87. The van der Waals surface area contributed by atoms with Crippen LogP contribution < -0.4 is 9.47 Å². The molecule has 0 aliphatic carbocycles. The van der Waals surface area contributed by atoms with E-state index in [9.17, 15) is 0 Å². The highest BCUT2D eigenvalue weighted by atomic mass is 16.5. The number of rotatable bonds is 7. The maximum atomic E-state index is 5.95. The van der Waals surface area contributed by atoms with E-state index in [4.69, 9.17) is 9.47 Å². The van der Waals surface area contributed by atoms with E-state index in [0.29, 0.717) is 19.0 Å². The number of nitrogens with zero attached hydrogens (tertiary/aromatic N) is 4. The van der Waals surface area contributed by atoms with E-state index in [1.54, 1.807) is 0 Å². The van der Waals surface area contributed by atoms with Crippen LogP contribution in [0.5, 0.6) is 11.5 Å². The summed E-state index contributed by atoms with van der Waals surface area (Å²) in [5.41, 5.74) is 3.75. The molecule has 7 nitrogen and oxygen atoms in total. The summed E-state index contributed by atoms with van der Waals surface area (Å²) in [6.07, 6.45) is 0. The smallest absolute Gasteiger partial charge is 0.179 e. The van der Waals surface area contributed by atoms with Crippen molar-refractivity contribution in [2.45, 2.75) is 13.2 Å². The Labute approximate surface area is 178 Å². The van der Waals surface area contributed by atoms with E-state index in [1.807, 2.05) is 78.9 Å². The largest absolute Gasteiger partial charge is 0.489 e. The molecule has 3 aromatic carbocycles. The number of aromatic nitrogens is 5. The topological polar surface area (TPSA) is 85.8 Å². The molecular formula is C24H19N5O2. The molecule has 7 heteroatoms. The summed E-state index contributed by atoms with van der Waals surface area (Å²) in [6, 6.07) is 27.5. The fraction of sp³-hybridized carbons (Fsp3) is 0.0833. The van der Waals surface area contributed by atoms with Crippen molar-refractivity contribution < 1.29 is 9.47 Å². The Morgan fingerprint density at radius 3 is 2.26 bits per heavy atom. The molecule has 31 heavy (non-hydrogen) atoms. The Bertz CT molecular complexity index is 1290. The van der Waals surface area contributed by atoms with Crippen molar-refractivity contribution in [1.29, 1.82) is 0 Å². The third-order valence-electron chi connectivity index (χ3n) is 4.88. The highest BCUT2D eigenvalue weighted by molar-refractivity contribution is 5.78. The van der Waals surface area contributed by atoms with Crippen LogP contribution in [-0.2, 0) is 13.2 Å². The SMILES string of the molecule is c1ccc(-c2nnn[nH]2)c(COc2ccc(OCc3ccc4ccccc4n3)cc2)c1. The van der Waals surface area contributed by atoms with E-state index in [-0.39, 0.29) is 0 Å². The molecule has 0 aliphatic heterocycles. The van der Waals surface area contributed by atoms with Crippen molar-refractivity contribution in [1.82, 2.24) is 25.6 Å². The van der Waals surface area contributed by atoms with Crippen LogP contribution >= 0.6 is 0 Å². The number of H-pyrrole nitrogens is 1. The minimum atomic E-state index is 0.401. The molecule has 5 rings (SSSR count). The van der Waals surface area contributed by atoms with Crippen LogP contribution in [0, 0.1) is 0 Å². The molecule has 152 valence electrons. The van der Waals surface area contributed by atoms with Crippen LogP contribution in [0.4, 0.5) is 0 Å². The van der Waals surface area contributed by atoms with Gasteiger partial charge in [-0.05, 0) is 46.8 Å². The van der Waals surface area contributed by atoms with Gasteiger partial charge < -0.3 is 9.47 Å². The molecule has 0 fully saturated rings. The lowest BCUT2D eigenvalue weighted by Crippen LogP contribution is -2.00. The van der Waals surface area contributed by atoms with Gasteiger partial charge in [0.15, 0.2) is 5.82 Å². The third kappa shape index (κ3) is 4.35. The summed E-state index contributed by atoms with van der Waals surface area (Å²) in [6.45, 7) is 0.807. The van der Waals surface area contributed by atoms with Gasteiger partial charge in [0.2, 0.25) is 0 Å². The standard InChI is InChI=1S/C24H19N5O2/c1-3-7-22(24-26-28-29-27-24)18(6-1)15-30-20-11-13-21(14-12-20)31-16-19-10-9-17-5-2-4-8-23(17)25-19/h1-14H,15-16H2,(H,26,27,28,29). The fourth-order valence-corrected chi connectivity index (χ4v) is 3.29. The summed E-state index contributed by atoms with van der Waals surface area (Å²) in [5, 5.41) is 15.2. The first-order valence-electron chi connectivity index (χ1n) is 9.87. The zero-order valence-electron chi connectivity index (χ0n) is 16.6. The van der Waals surface area contributed by atoms with Crippen LogP contribution in [0.15, 0.2) is 84.9 Å². The quantitative estimate of drug-likeness (QED) is 0.424. The molecule has 0 saturated heterocycles. The normalized spacial score (nSPS) is 10.8. The van der Waals surface area contributed by atoms with Crippen molar-refractivity contribution in [3.05, 3.63) is 96.2 Å². The Morgan fingerprint density at radius 2 is 1.45 bits per heavy atom. The van der Waals surface area contributed by atoms with Crippen molar-refractivity contribution in [3.8, 4) is 22.9 Å². The zero-order valence-corrected chi connectivity index (χ0v) is 16.6. The highest BCUT2D eigenvalue weighted by Gasteiger charge is 2.09. The van der Waals surface area contributed by atoms with E-state index >= 15 is 0 Å². The van der Waals surface area contributed by atoms with Gasteiger partial charge in [0.05, 0.1) is 11.2 Å². The summed E-state index contributed by atoms with van der Waals surface area (Å²) in [4.78, 5) is 4.63. The van der Waals surface area contributed by atoms with Gasteiger partial charge in [-0.15, -0.1) is 5.10 Å². The Balaban J connectivity index is 1.21. The molecule has 0 radical (unpaired) electrons. The number of fused-ring (bicyclic) bond motifs is 1. The van der Waals surface area contributed by atoms with Crippen molar-refractivity contribution >= 4 is 10.9 Å². The van der Waals surface area contributed by atoms with Gasteiger partial charge in [0, 0.05) is 16.5 Å². The monoisotopic (exact) mass is 409 g/mol. The molecule has 2 heterocycles. The average molecular weight is 409 g/mol. The fourth-order valence-electron chi connectivity index (χ4n) is 3.29. The molecule has 0 spiro atoms. The number of para-hydroxylation sites is 1. The molecule has 0 unspecified atom stereocenters. The Hall–Kier alpha value is -4.26. The minimum Gasteiger partial charge on any atom is -0.489 e. The second-order valence-corrected chi connectivity index (χ2v) is 6.95. The summed E-state index contributed by atoms with van der Waals surface area (Å²) >= 11 is 0. The molecule has 0 aliphatic rings. The average Bonchev–Trinajstić information content (AvgIpc) is 3.37. The van der Waals surface area contributed by atoms with Crippen LogP contribution in [0.3, 0.4) is 0 Å². The Morgan fingerprint density at radius 1 is 0.710 bits per heavy atom. The van der Waals surface area contributed by atoms with Gasteiger partial charge in [0.1, 0.15) is 24.7 Å². The second-order valence-electron chi connectivity index (χ2n) is 6.95. The zero-order chi connectivity index (χ0) is 20.9. The lowest BCUT2D eigenvalue weighted by atomic mass is 10.1. The van der Waals surface area contributed by atoms with E-state index in [2.05, 4.69) is 31.7 Å². The van der Waals surface area contributed by atoms with Crippen LogP contribution in [0.25, 0.3) is 22.3 Å². The van der Waals surface area contributed by atoms with Gasteiger partial charge in [-0.3, -0.25) is 0 Å². The van der Waals surface area contributed by atoms with Crippen LogP contribution in [-0.4, -0.2) is 25.6 Å². The van der Waals surface area contributed by atoms with Gasteiger partial charge in [0.25, 0.3) is 0 Å². The van der Waals surface area contributed by atoms with Crippen LogP contribution in [0.1, 0.15) is 11.3 Å². The van der Waals surface area contributed by atoms with E-state index in [1.165, 1.54) is 0 Å². The number of hydrogen-bond acceptors (Lipinski definition) is 6. The van der Waals surface area contributed by atoms with E-state index < -0.39 is 0 Å². The highest BCUT2D eigenvalue weighted by Crippen LogP contribution is 2.23. The molecule has 0 saturated carbocycles. The molecule has 5 aromatic rings. The summed E-state index contributed by atoms with van der Waals surface area (Å²) < 4.78 is 11.8. The second kappa shape index (κ2) is 8.62. The predicted octanol–water partition coefficient (Wildman–Crippen LogP) is 4.57. The first kappa shape index (κ1) is 18.7. The number of aromatic amines is 1. The van der Waals surface area contributed by atoms with Crippen molar-refractivity contribution in [2.24, 2.45) is 0 Å². The van der Waals surface area contributed by atoms with Crippen LogP contribution in [0.2, 0.25) is 0 Å². The predicted molar refractivity (Wildman–Crippen MR) is 116 cm³/mol. The number of benzene rings is 3. The number of tetrazole rings is 1. The van der Waals surface area contributed by atoms with Gasteiger partial charge in [-0.25, -0.2) is 10.1 Å². The minimum absolute atomic E-state index is 0.401. The molecule has 0 amide bonds. The summed E-state index contributed by atoms with van der Waals surface area (Å²) in [5.74, 6) is 2.13. The molecule has 0 bridgehead atoms. The third-order valence-corrected chi connectivity index (χ3v) is 4.88. The molecule has 2 aromatic heterocycles. The number of hydrogen-bond donors (Lipinski definition) is 1. The van der Waals surface area contributed by atoms with Gasteiger partial charge in [-0.2, -0.15) is 0 Å². The lowest BCUT2D eigenvalue weighted by molar-refractivity contribution is 0.295. The summed E-state index contributed by atoms with van der Waals surface area (Å²) in [7, 11) is 0. The lowest BCUT2D eigenvalue weighted by Gasteiger charge is -2.11. The Kier molecular flexibility index (Phi) is 5.22. The first-order chi connectivity index (χ1) is 15.3. The maximum Gasteiger partial charge on any atom is 0.179 e. The van der Waals surface area contributed by atoms with Crippen molar-refractivity contribution in [3.63, 3.8) is 0 Å².